The molecule has 1 aromatic carbocycles. The van der Waals surface area contributed by atoms with Crippen molar-refractivity contribution in [2.24, 2.45) is 28.2 Å². The van der Waals surface area contributed by atoms with Gasteiger partial charge in [-0.1, -0.05) is 55.3 Å². The zero-order chi connectivity index (χ0) is 31.8. The van der Waals surface area contributed by atoms with Crippen LogP contribution in [-0.4, -0.2) is 86.9 Å². The van der Waals surface area contributed by atoms with Gasteiger partial charge in [-0.15, -0.1) is 0 Å². The van der Waals surface area contributed by atoms with Gasteiger partial charge in [0, 0.05) is 44.5 Å². The number of hydrogen-bond acceptors (Lipinski definition) is 11. The summed E-state index contributed by atoms with van der Waals surface area (Å²) < 4.78 is 23.8. The van der Waals surface area contributed by atoms with E-state index in [1.807, 2.05) is 0 Å². The summed E-state index contributed by atoms with van der Waals surface area (Å²) in [6, 6.07) is 3.81. The van der Waals surface area contributed by atoms with E-state index in [4.69, 9.17) is 17.3 Å². The van der Waals surface area contributed by atoms with Crippen LogP contribution in [0.3, 0.4) is 0 Å². The van der Waals surface area contributed by atoms with Crippen LogP contribution >= 0.6 is 0 Å². The molecule has 0 aliphatic carbocycles. The van der Waals surface area contributed by atoms with E-state index in [2.05, 4.69) is 26.4 Å². The van der Waals surface area contributed by atoms with Crippen molar-refractivity contribution >= 4 is 46.7 Å². The Morgan fingerprint density at radius 2 is 1.65 bits per heavy atom. The van der Waals surface area contributed by atoms with Gasteiger partial charge in [0.15, 0.2) is 5.96 Å². The maximum absolute atomic E-state index is 13.5. The average Bonchev–Trinajstić information content (AvgIpc) is 2.93. The number of aldehydes is 1. The molecule has 2 amide bonds. The first-order chi connectivity index (χ1) is 19.8. The molecular weight excluding hydrogens is 657 g/mol. The molecule has 0 saturated carbocycles. The molecule has 15 nitrogen and oxygen atoms in total. The zero-order valence-electron chi connectivity index (χ0n) is 24.5. The second kappa shape index (κ2) is 21.3. The molecular formula is C26H41N8O7SY-. The number of guanidine groups is 1. The van der Waals surface area contributed by atoms with E-state index >= 15 is 0 Å². The van der Waals surface area contributed by atoms with Crippen LogP contribution in [0.2, 0.25) is 0 Å². The van der Waals surface area contributed by atoms with Crippen molar-refractivity contribution in [1.29, 1.82) is 0 Å². The first-order valence-electron chi connectivity index (χ1n) is 13.3. The summed E-state index contributed by atoms with van der Waals surface area (Å²) in [6.45, 7) is 4.26. The number of rotatable bonds is 20. The average molecular weight is 699 g/mol. The van der Waals surface area contributed by atoms with Crippen molar-refractivity contribution in [2.45, 2.75) is 69.5 Å². The Balaban J connectivity index is 0.0000176. The summed E-state index contributed by atoms with van der Waals surface area (Å²) >= 11 is -2.76. The van der Waals surface area contributed by atoms with Crippen molar-refractivity contribution in [3.63, 3.8) is 0 Å². The predicted octanol–water partition coefficient (Wildman–Crippen LogP) is -2.70. The topological polar surface area (TPSA) is 264 Å². The second-order valence-corrected chi connectivity index (χ2v) is 11.2. The van der Waals surface area contributed by atoms with Crippen LogP contribution in [0, 0.1) is 5.92 Å². The zero-order valence-corrected chi connectivity index (χ0v) is 28.1. The van der Waals surface area contributed by atoms with Crippen LogP contribution in [0.1, 0.15) is 39.2 Å². The van der Waals surface area contributed by atoms with Gasteiger partial charge >= 0.3 is 0 Å². The summed E-state index contributed by atoms with van der Waals surface area (Å²) in [7, 11) is 0. The van der Waals surface area contributed by atoms with Crippen molar-refractivity contribution < 1.29 is 65.4 Å². The molecule has 6 atom stereocenters. The predicted molar refractivity (Wildman–Crippen MR) is 156 cm³/mol. The molecule has 237 valence electrons. The molecule has 3 unspecified atom stereocenters. The fourth-order valence-corrected chi connectivity index (χ4v) is 4.43. The van der Waals surface area contributed by atoms with E-state index in [9.17, 15) is 32.7 Å². The minimum atomic E-state index is -2.76. The van der Waals surface area contributed by atoms with Gasteiger partial charge in [0.2, 0.25) is 23.4 Å². The van der Waals surface area contributed by atoms with E-state index in [1.165, 1.54) is 6.92 Å². The third kappa shape index (κ3) is 14.7. The normalized spacial score (nSPS) is 15.0. The van der Waals surface area contributed by atoms with Gasteiger partial charge < -0.3 is 31.4 Å². The molecule has 0 heterocycles. The molecule has 0 bridgehead atoms. The molecule has 1 rings (SSSR count). The number of Topliss-reactive ketones (excluding diaryl/α,β-unsaturated/α-hetero) is 2. The van der Waals surface area contributed by atoms with Gasteiger partial charge in [0.25, 0.3) is 0 Å². The summed E-state index contributed by atoms with van der Waals surface area (Å²) in [6.07, 6.45) is 0.931. The smallest absolute Gasteiger partial charge is 0.238 e. The quantitative estimate of drug-likeness (QED) is 0.0107. The van der Waals surface area contributed by atoms with Crippen LogP contribution in [0.4, 0.5) is 0 Å². The minimum Gasteiger partial charge on any atom is -0.772 e. The Bertz CT molecular complexity index is 1120. The molecule has 0 aromatic heterocycles. The Morgan fingerprint density at radius 1 is 1.02 bits per heavy atom. The Morgan fingerprint density at radius 3 is 2.16 bits per heavy atom. The molecule has 0 aliphatic heterocycles. The first kappa shape index (κ1) is 40.5. The van der Waals surface area contributed by atoms with E-state index in [1.54, 1.807) is 44.2 Å². The fraction of sp³-hybridized carbons (Fsp3) is 0.538. The molecule has 17 heteroatoms. The molecule has 0 spiro atoms. The van der Waals surface area contributed by atoms with E-state index in [0.29, 0.717) is 6.29 Å². The summed E-state index contributed by atoms with van der Waals surface area (Å²) in [5.41, 5.74) is 13.6. The standard InChI is InChI=1S/C26H42N8O7S.Y/c1-15(2)21(24(38)23(37)19(33-20(36)13-31-29)10-7-11-30-26(27)28)34-22(16(3)42(40)41)25(39)32-18(14-35)12-17-8-5-4-6-9-17;/h4-6,8-9,14-16,18-19,21-22,31,34H,7,10-13,29H2,1-3H3,(H,32,39)(H,33,36)(H,40,41)(H4,27,28,30);/p-1/t16?,18-,19-,21-,22?;/m0./s1. The molecule has 43 heavy (non-hydrogen) atoms. The SMILES string of the molecule is CC(C)[C@H](NC(C(=O)N[C@H](C=O)Cc1ccccc1)C(C)S(=O)[O-])C(=O)C(=O)[C@H](CCCN=C(N)N)NC(=O)CNN.[Y]. The third-order valence-corrected chi connectivity index (χ3v) is 7.14. The van der Waals surface area contributed by atoms with Crippen LogP contribution in [0.15, 0.2) is 35.3 Å². The Kier molecular flexibility index (Phi) is 20.1. The number of hydrogen-bond donors (Lipinski definition) is 7. The van der Waals surface area contributed by atoms with E-state index < -0.39 is 69.8 Å². The van der Waals surface area contributed by atoms with E-state index in [0.717, 1.165) is 5.56 Å². The molecule has 0 fully saturated rings. The van der Waals surface area contributed by atoms with Crippen molar-refractivity contribution in [2.75, 3.05) is 13.1 Å². The summed E-state index contributed by atoms with van der Waals surface area (Å²) in [5.74, 6) is 0.991. The molecule has 0 aliphatic rings. The third-order valence-electron chi connectivity index (χ3n) is 6.26. The number of hydrazine groups is 1. The molecule has 0 saturated heterocycles. The first-order valence-corrected chi connectivity index (χ1v) is 14.5. The van der Waals surface area contributed by atoms with Gasteiger partial charge in [-0.2, -0.15) is 0 Å². The number of carbonyl (C=O) groups excluding carboxylic acids is 5. The number of ketones is 2. The molecule has 10 N–H and O–H groups in total. The number of benzene rings is 1. The number of nitrogens with zero attached hydrogens (tertiary/aromatic N) is 1. The van der Waals surface area contributed by atoms with Gasteiger partial charge in [0.05, 0.1) is 24.7 Å². The second-order valence-electron chi connectivity index (χ2n) is 9.95. The fourth-order valence-electron chi connectivity index (χ4n) is 4.01. The van der Waals surface area contributed by atoms with Gasteiger partial charge in [-0.3, -0.25) is 45.0 Å². The Labute approximate surface area is 278 Å². The summed E-state index contributed by atoms with van der Waals surface area (Å²) in [4.78, 5) is 67.8. The van der Waals surface area contributed by atoms with Crippen molar-refractivity contribution in [1.82, 2.24) is 21.4 Å². The van der Waals surface area contributed by atoms with Crippen LogP contribution in [0.25, 0.3) is 0 Å². The van der Waals surface area contributed by atoms with E-state index in [-0.39, 0.29) is 71.0 Å². The Hall–Kier alpha value is -2.47. The summed E-state index contributed by atoms with van der Waals surface area (Å²) in [5, 5.41) is 6.36. The van der Waals surface area contributed by atoms with Crippen molar-refractivity contribution in [3.8, 4) is 0 Å². The van der Waals surface area contributed by atoms with Gasteiger partial charge in [0.1, 0.15) is 12.3 Å². The van der Waals surface area contributed by atoms with Crippen molar-refractivity contribution in [3.05, 3.63) is 35.9 Å². The molecule has 1 radical (unpaired) electrons. The number of carbonyl (C=O) groups is 5. The van der Waals surface area contributed by atoms with Crippen LogP contribution < -0.4 is 38.7 Å². The van der Waals surface area contributed by atoms with Gasteiger partial charge in [-0.05, 0) is 37.7 Å². The number of amides is 2. The monoisotopic (exact) mass is 698 g/mol. The minimum absolute atomic E-state index is 0. The number of nitrogens with one attached hydrogen (secondary N) is 4. The van der Waals surface area contributed by atoms with Gasteiger partial charge in [-0.25, -0.2) is 0 Å². The maximum Gasteiger partial charge on any atom is 0.238 e. The number of aliphatic imine (C=N–C) groups is 1. The number of nitrogens with two attached hydrogens (primary N) is 3. The van der Waals surface area contributed by atoms with Crippen LogP contribution in [-0.2, 0) is 74.2 Å². The van der Waals surface area contributed by atoms with Crippen LogP contribution in [0.5, 0.6) is 0 Å². The maximum atomic E-state index is 13.5. The molecule has 1 aromatic rings. The largest absolute Gasteiger partial charge is 0.772 e.